The molecule has 7 heterocycles. The first kappa shape index (κ1) is 25.6. The highest BCUT2D eigenvalue weighted by Crippen LogP contribution is 2.31. The number of Topliss-reactive ketones (excluding diaryl/α,β-unsaturated/α-hetero) is 1. The maximum Gasteiger partial charge on any atom is 0.226 e. The minimum Gasteiger partial charge on any atom is -0.340 e. The highest BCUT2D eigenvalue weighted by Gasteiger charge is 2.33. The molecule has 9 nitrogen and oxygen atoms in total. The van der Waals surface area contributed by atoms with Crippen molar-refractivity contribution >= 4 is 23.2 Å². The molecule has 9 rings (SSSR count). The molecule has 0 atom stereocenters. The van der Waals surface area contributed by atoms with Crippen LogP contribution in [0, 0.1) is 5.92 Å². The summed E-state index contributed by atoms with van der Waals surface area (Å²) in [6.45, 7) is 5.94. The molecule has 0 radical (unpaired) electrons. The Morgan fingerprint density at radius 1 is 0.846 bits per heavy atom. The number of amides is 1. The van der Waals surface area contributed by atoms with Crippen LogP contribution in [-0.4, -0.2) is 80.6 Å². The number of ketones is 1. The second kappa shape index (κ2) is 11.6. The average Bonchev–Trinajstić information content (AvgIpc) is 3.79. The van der Waals surface area contributed by atoms with Crippen LogP contribution >= 0.6 is 0 Å². The predicted octanol–water partition coefficient (Wildman–Crippen LogP) is 3.50. The minimum absolute atomic E-state index is 0.113. The van der Waals surface area contributed by atoms with Gasteiger partial charge in [-0.05, 0) is 54.7 Å². The average molecular weight is 526 g/mol. The summed E-state index contributed by atoms with van der Waals surface area (Å²) in [6, 6.07) is 12.4. The molecular weight excluding hydrogens is 490 g/mol. The Labute approximate surface area is 229 Å². The van der Waals surface area contributed by atoms with Crippen molar-refractivity contribution in [1.29, 1.82) is 0 Å². The summed E-state index contributed by atoms with van der Waals surface area (Å²) in [5.41, 5.74) is 4.09. The third-order valence-corrected chi connectivity index (χ3v) is 7.72. The predicted molar refractivity (Wildman–Crippen MR) is 149 cm³/mol. The number of nitrogens with zero attached hydrogens (tertiary/aromatic N) is 6. The molecule has 9 heteroatoms. The Bertz CT molecular complexity index is 1320. The van der Waals surface area contributed by atoms with Crippen LogP contribution in [0.4, 0.5) is 11.5 Å². The summed E-state index contributed by atoms with van der Waals surface area (Å²) in [7, 11) is 0. The van der Waals surface area contributed by atoms with E-state index in [0.717, 1.165) is 68.2 Å². The lowest BCUT2D eigenvalue weighted by Crippen LogP contribution is -2.47. The number of pyridine rings is 1. The van der Waals surface area contributed by atoms with E-state index in [9.17, 15) is 9.59 Å². The first-order valence-corrected chi connectivity index (χ1v) is 14.0. The number of nitrogens with one attached hydrogen (secondary N) is 1. The molecule has 1 saturated carbocycles. The lowest BCUT2D eigenvalue weighted by molar-refractivity contribution is -0.133. The number of aromatic nitrogens is 3. The van der Waals surface area contributed by atoms with Crippen LogP contribution in [0.5, 0.6) is 0 Å². The summed E-state index contributed by atoms with van der Waals surface area (Å²) in [5.74, 6) is 1.88. The number of rotatable bonds is 1. The Hall–Kier alpha value is -3.69. The zero-order valence-electron chi connectivity index (χ0n) is 22.3. The maximum absolute atomic E-state index is 13.0. The number of anilines is 2. The van der Waals surface area contributed by atoms with Crippen LogP contribution in [0.25, 0.3) is 11.1 Å². The van der Waals surface area contributed by atoms with Crippen LogP contribution in [0.3, 0.4) is 0 Å². The molecule has 1 aliphatic carbocycles. The molecule has 2 aromatic heterocycles. The molecule has 8 bridgehead atoms. The zero-order valence-corrected chi connectivity index (χ0v) is 22.3. The summed E-state index contributed by atoms with van der Waals surface area (Å²) < 4.78 is 0. The smallest absolute Gasteiger partial charge is 0.226 e. The molecule has 0 spiro atoms. The molecular formula is C30H35N7O2. The zero-order chi connectivity index (χ0) is 26.6. The van der Waals surface area contributed by atoms with Crippen molar-refractivity contribution in [2.45, 2.75) is 38.8 Å². The van der Waals surface area contributed by atoms with Crippen molar-refractivity contribution in [1.82, 2.24) is 29.7 Å². The highest BCUT2D eigenvalue weighted by atomic mass is 16.2. The van der Waals surface area contributed by atoms with E-state index in [-0.39, 0.29) is 17.6 Å². The first-order chi connectivity index (χ1) is 19.1. The van der Waals surface area contributed by atoms with Crippen molar-refractivity contribution in [3.05, 3.63) is 66.4 Å². The standard InChI is InChI=1S/C30H35N7O2/c38-27-5-2-10-37(30(39)23-6-7-23)21-29-32-17-25(18-33-29)24-8-9-31-28(16-24)34-26-4-1-3-22(15-26)19-35-11-13-36(20-27)14-12-35/h1,3-4,8-9,15-18,23H,2,5-7,10-14,19-21H2,(H,31,34). The first-order valence-electron chi connectivity index (χ1n) is 14.0. The van der Waals surface area contributed by atoms with Crippen molar-refractivity contribution < 1.29 is 9.59 Å². The number of piperazine rings is 1. The fourth-order valence-electron chi connectivity index (χ4n) is 5.34. The number of carbonyl (C=O) groups is 2. The van der Waals surface area contributed by atoms with E-state index in [0.29, 0.717) is 38.3 Å². The summed E-state index contributed by atoms with van der Waals surface area (Å²) in [5, 5.41) is 3.44. The molecule has 39 heavy (non-hydrogen) atoms. The van der Waals surface area contributed by atoms with Gasteiger partial charge in [0.25, 0.3) is 0 Å². The van der Waals surface area contributed by atoms with Crippen LogP contribution in [0.15, 0.2) is 55.0 Å². The van der Waals surface area contributed by atoms with Crippen molar-refractivity contribution in [2.75, 3.05) is 44.6 Å². The van der Waals surface area contributed by atoms with Gasteiger partial charge in [-0.25, -0.2) is 15.0 Å². The maximum atomic E-state index is 13.0. The molecule has 1 N–H and O–H groups in total. The third kappa shape index (κ3) is 6.66. The van der Waals surface area contributed by atoms with E-state index in [2.05, 4.69) is 54.3 Å². The Balaban J connectivity index is 1.25. The number of benzene rings is 1. The molecule has 0 unspecified atom stereocenters. The lowest BCUT2D eigenvalue weighted by atomic mass is 10.1. The molecule has 1 saturated heterocycles. The van der Waals surface area contributed by atoms with Crippen LogP contribution in [0.1, 0.15) is 37.1 Å². The van der Waals surface area contributed by atoms with E-state index in [1.165, 1.54) is 5.56 Å². The van der Waals surface area contributed by atoms with Crippen molar-refractivity contribution in [3.8, 4) is 11.1 Å². The van der Waals surface area contributed by atoms with Gasteiger partial charge >= 0.3 is 0 Å². The quantitative estimate of drug-likeness (QED) is 0.516. The summed E-state index contributed by atoms with van der Waals surface area (Å²) in [6.07, 6.45) is 8.44. The molecule has 5 aliphatic heterocycles. The molecule has 3 aromatic rings. The van der Waals surface area contributed by atoms with Crippen molar-refractivity contribution in [2.24, 2.45) is 5.92 Å². The van der Waals surface area contributed by atoms with Gasteiger partial charge in [0.15, 0.2) is 0 Å². The van der Waals surface area contributed by atoms with E-state index in [4.69, 9.17) is 0 Å². The van der Waals surface area contributed by atoms with Gasteiger partial charge < -0.3 is 10.2 Å². The van der Waals surface area contributed by atoms with Gasteiger partial charge in [0.1, 0.15) is 17.4 Å². The SMILES string of the molecule is O=C1CCCN(C(=O)C2CC2)Cc2ncc(cn2)-c2ccnc(c2)Nc2cccc(c2)CN2CCN(CC2)C1. The van der Waals surface area contributed by atoms with Gasteiger partial charge in [0.05, 0.1) is 13.1 Å². The monoisotopic (exact) mass is 525 g/mol. The molecule has 2 fully saturated rings. The molecule has 1 aromatic carbocycles. The largest absolute Gasteiger partial charge is 0.340 e. The summed E-state index contributed by atoms with van der Waals surface area (Å²) >= 11 is 0. The Kier molecular flexibility index (Phi) is 7.60. The number of hydrogen-bond donors (Lipinski definition) is 1. The minimum atomic E-state index is 0.113. The number of carbonyl (C=O) groups excluding carboxylic acids is 2. The summed E-state index contributed by atoms with van der Waals surface area (Å²) in [4.78, 5) is 46.0. The fourth-order valence-corrected chi connectivity index (χ4v) is 5.34. The highest BCUT2D eigenvalue weighted by molar-refractivity contribution is 5.82. The van der Waals surface area contributed by atoms with E-state index >= 15 is 0 Å². The van der Waals surface area contributed by atoms with Gasteiger partial charge in [-0.15, -0.1) is 0 Å². The van der Waals surface area contributed by atoms with Gasteiger partial charge in [0, 0.05) is 81.4 Å². The van der Waals surface area contributed by atoms with Gasteiger partial charge in [0.2, 0.25) is 5.91 Å². The van der Waals surface area contributed by atoms with Gasteiger partial charge in [-0.2, -0.15) is 0 Å². The van der Waals surface area contributed by atoms with Crippen LogP contribution in [-0.2, 0) is 22.7 Å². The fraction of sp³-hybridized carbons (Fsp3) is 0.433. The molecule has 1 amide bonds. The molecule has 202 valence electrons. The topological polar surface area (TPSA) is 94.6 Å². The number of hydrogen-bond acceptors (Lipinski definition) is 8. The van der Waals surface area contributed by atoms with Gasteiger partial charge in [-0.3, -0.25) is 19.4 Å². The van der Waals surface area contributed by atoms with E-state index < -0.39 is 0 Å². The Morgan fingerprint density at radius 2 is 1.62 bits per heavy atom. The second-order valence-electron chi connectivity index (χ2n) is 10.9. The van der Waals surface area contributed by atoms with E-state index in [1.807, 2.05) is 17.0 Å². The van der Waals surface area contributed by atoms with E-state index in [1.54, 1.807) is 18.6 Å². The van der Waals surface area contributed by atoms with Gasteiger partial charge in [-0.1, -0.05) is 12.1 Å². The normalized spacial score (nSPS) is 22.4. The van der Waals surface area contributed by atoms with Crippen LogP contribution < -0.4 is 5.32 Å². The molecule has 6 aliphatic rings. The second-order valence-corrected chi connectivity index (χ2v) is 10.9. The van der Waals surface area contributed by atoms with Crippen molar-refractivity contribution in [3.63, 3.8) is 0 Å². The Morgan fingerprint density at radius 3 is 2.38 bits per heavy atom. The van der Waals surface area contributed by atoms with Crippen LogP contribution in [0.2, 0.25) is 0 Å². The lowest BCUT2D eigenvalue weighted by Gasteiger charge is -2.34. The third-order valence-electron chi connectivity index (χ3n) is 7.72.